The quantitative estimate of drug-likeness (QED) is 0.758. The van der Waals surface area contributed by atoms with Crippen molar-refractivity contribution >= 4 is 0 Å². The van der Waals surface area contributed by atoms with E-state index in [-0.39, 0.29) is 13.0 Å². The molecule has 0 amide bonds. The fourth-order valence-electron chi connectivity index (χ4n) is 2.72. The molecule has 0 aromatic carbocycles. The van der Waals surface area contributed by atoms with E-state index in [9.17, 15) is 26.3 Å². The zero-order valence-corrected chi connectivity index (χ0v) is 10.3. The van der Waals surface area contributed by atoms with Gasteiger partial charge in [0.2, 0.25) is 0 Å². The summed E-state index contributed by atoms with van der Waals surface area (Å²) in [5.74, 6) is -3.95. The van der Waals surface area contributed by atoms with Crippen LogP contribution in [0.3, 0.4) is 0 Å². The van der Waals surface area contributed by atoms with Crippen molar-refractivity contribution in [3.63, 3.8) is 0 Å². The molecule has 18 heavy (non-hydrogen) atoms. The molecule has 0 saturated carbocycles. The fourth-order valence-corrected chi connectivity index (χ4v) is 2.72. The molecule has 1 saturated heterocycles. The summed E-state index contributed by atoms with van der Waals surface area (Å²) in [6.07, 6.45) is -8.95. The summed E-state index contributed by atoms with van der Waals surface area (Å²) in [5.41, 5.74) is -1.80. The number of hydrogen-bond donors (Lipinski definition) is 1. The topological polar surface area (TPSA) is 12.0 Å². The van der Waals surface area contributed by atoms with E-state index in [1.807, 2.05) is 0 Å². The number of hydrogen-bond acceptors (Lipinski definition) is 1. The summed E-state index contributed by atoms with van der Waals surface area (Å²) in [6, 6.07) is 0. The maximum atomic E-state index is 12.8. The Morgan fingerprint density at radius 3 is 1.67 bits per heavy atom. The molecule has 0 spiro atoms. The van der Waals surface area contributed by atoms with Crippen LogP contribution >= 0.6 is 0 Å². The van der Waals surface area contributed by atoms with E-state index in [0.29, 0.717) is 13.0 Å². The average molecular weight is 277 g/mol. The van der Waals surface area contributed by atoms with Gasteiger partial charge in [-0.05, 0) is 19.4 Å². The molecule has 0 aromatic rings. The van der Waals surface area contributed by atoms with Gasteiger partial charge in [0, 0.05) is 12.0 Å². The lowest BCUT2D eigenvalue weighted by Gasteiger charge is -2.47. The highest BCUT2D eigenvalue weighted by atomic mass is 19.4. The van der Waals surface area contributed by atoms with Crippen LogP contribution in [0.5, 0.6) is 0 Å². The Bertz CT molecular complexity index is 254. The molecule has 0 bridgehead atoms. The molecule has 0 aromatic heterocycles. The Kier molecular flexibility index (Phi) is 4.25. The number of piperidine rings is 1. The Morgan fingerprint density at radius 1 is 0.944 bits per heavy atom. The van der Waals surface area contributed by atoms with Crippen molar-refractivity contribution in [2.45, 2.75) is 39.0 Å². The lowest BCUT2D eigenvalue weighted by Crippen LogP contribution is -2.55. The first-order valence-corrected chi connectivity index (χ1v) is 5.86. The van der Waals surface area contributed by atoms with Gasteiger partial charge in [0.25, 0.3) is 0 Å². The lowest BCUT2D eigenvalue weighted by molar-refractivity contribution is -0.258. The van der Waals surface area contributed by atoms with Crippen molar-refractivity contribution in [1.29, 1.82) is 0 Å². The summed E-state index contributed by atoms with van der Waals surface area (Å²) >= 11 is 0. The van der Waals surface area contributed by atoms with Crippen LogP contribution in [0.25, 0.3) is 0 Å². The molecular weight excluding hydrogens is 260 g/mol. The summed E-state index contributed by atoms with van der Waals surface area (Å²) in [5, 5.41) is 2.68. The van der Waals surface area contributed by atoms with Gasteiger partial charge in [-0.15, -0.1) is 0 Å². The van der Waals surface area contributed by atoms with Crippen molar-refractivity contribution in [2.24, 2.45) is 17.3 Å². The van der Waals surface area contributed by atoms with Crippen LogP contribution in [0, 0.1) is 17.3 Å². The standard InChI is InChI=1S/C11H17F6N/c1-7(10(12,13)14)9(4-3-5-18-6-9)8(2)11(15,16)17/h7-8,18H,3-6H2,1-2H3. The normalized spacial score (nSPS) is 30.0. The van der Waals surface area contributed by atoms with E-state index < -0.39 is 29.6 Å². The minimum atomic E-state index is -4.61. The maximum Gasteiger partial charge on any atom is 0.392 e. The van der Waals surface area contributed by atoms with Gasteiger partial charge in [-0.3, -0.25) is 0 Å². The van der Waals surface area contributed by atoms with Gasteiger partial charge in [-0.1, -0.05) is 13.8 Å². The molecule has 1 nitrogen and oxygen atoms in total. The van der Waals surface area contributed by atoms with Gasteiger partial charge in [-0.2, -0.15) is 26.3 Å². The van der Waals surface area contributed by atoms with E-state index in [1.165, 1.54) is 0 Å². The Morgan fingerprint density at radius 2 is 1.39 bits per heavy atom. The molecule has 0 radical (unpaired) electrons. The highest BCUT2D eigenvalue weighted by Crippen LogP contribution is 2.52. The van der Waals surface area contributed by atoms with Crippen molar-refractivity contribution in [3.05, 3.63) is 0 Å². The highest BCUT2D eigenvalue weighted by molar-refractivity contribution is 4.97. The first-order chi connectivity index (χ1) is 8.02. The number of nitrogens with one attached hydrogen (secondary N) is 1. The van der Waals surface area contributed by atoms with Crippen LogP contribution in [0.2, 0.25) is 0 Å². The van der Waals surface area contributed by atoms with E-state index in [0.717, 1.165) is 13.8 Å². The second kappa shape index (κ2) is 4.90. The number of alkyl halides is 6. The summed E-state index contributed by atoms with van der Waals surface area (Å²) in [6.45, 7) is 1.94. The molecule has 1 aliphatic rings. The Balaban J connectivity index is 3.10. The van der Waals surface area contributed by atoms with Crippen LogP contribution < -0.4 is 5.32 Å². The highest BCUT2D eigenvalue weighted by Gasteiger charge is 2.59. The number of rotatable bonds is 2. The Labute approximate surface area is 102 Å². The third-order valence-corrected chi connectivity index (χ3v) is 4.16. The van der Waals surface area contributed by atoms with Crippen molar-refractivity contribution in [3.8, 4) is 0 Å². The van der Waals surface area contributed by atoms with Crippen LogP contribution in [0.15, 0.2) is 0 Å². The van der Waals surface area contributed by atoms with Gasteiger partial charge in [0.1, 0.15) is 0 Å². The lowest BCUT2D eigenvalue weighted by atomic mass is 9.63. The summed E-state index contributed by atoms with van der Waals surface area (Å²) < 4.78 is 77.0. The largest absolute Gasteiger partial charge is 0.392 e. The van der Waals surface area contributed by atoms with Crippen molar-refractivity contribution in [1.82, 2.24) is 5.32 Å². The van der Waals surface area contributed by atoms with Crippen LogP contribution in [-0.4, -0.2) is 25.4 Å². The predicted octanol–water partition coefficient (Wildman–Crippen LogP) is 3.75. The second-order valence-electron chi connectivity index (χ2n) is 5.04. The third kappa shape index (κ3) is 2.92. The molecule has 1 fully saturated rings. The van der Waals surface area contributed by atoms with E-state index >= 15 is 0 Å². The third-order valence-electron chi connectivity index (χ3n) is 4.16. The Hall–Kier alpha value is -0.460. The monoisotopic (exact) mass is 277 g/mol. The zero-order chi connectivity index (χ0) is 14.2. The molecule has 1 heterocycles. The average Bonchev–Trinajstić information content (AvgIpc) is 2.25. The van der Waals surface area contributed by atoms with Gasteiger partial charge in [0.15, 0.2) is 0 Å². The fraction of sp³-hybridized carbons (Fsp3) is 1.00. The van der Waals surface area contributed by atoms with Crippen LogP contribution in [-0.2, 0) is 0 Å². The molecule has 108 valence electrons. The van der Waals surface area contributed by atoms with Crippen molar-refractivity contribution < 1.29 is 26.3 Å². The first kappa shape index (κ1) is 15.6. The molecule has 7 heteroatoms. The minimum Gasteiger partial charge on any atom is -0.316 e. The molecule has 1 rings (SSSR count). The molecule has 0 aliphatic carbocycles. The predicted molar refractivity (Wildman–Crippen MR) is 55.0 cm³/mol. The van der Waals surface area contributed by atoms with E-state index in [4.69, 9.17) is 0 Å². The molecule has 1 aliphatic heterocycles. The van der Waals surface area contributed by atoms with Crippen LogP contribution in [0.1, 0.15) is 26.7 Å². The number of halogens is 6. The van der Waals surface area contributed by atoms with Crippen molar-refractivity contribution in [2.75, 3.05) is 13.1 Å². The van der Waals surface area contributed by atoms with Gasteiger partial charge in [-0.25, -0.2) is 0 Å². The van der Waals surface area contributed by atoms with E-state index in [1.54, 1.807) is 0 Å². The second-order valence-corrected chi connectivity index (χ2v) is 5.04. The maximum absolute atomic E-state index is 12.8. The van der Waals surface area contributed by atoms with Gasteiger partial charge < -0.3 is 5.32 Å². The smallest absolute Gasteiger partial charge is 0.316 e. The summed E-state index contributed by atoms with van der Waals surface area (Å²) in [4.78, 5) is 0. The van der Waals surface area contributed by atoms with Crippen LogP contribution in [0.4, 0.5) is 26.3 Å². The minimum absolute atomic E-state index is 0.0542. The molecule has 1 N–H and O–H groups in total. The zero-order valence-electron chi connectivity index (χ0n) is 10.3. The molecule has 2 unspecified atom stereocenters. The SMILES string of the molecule is CC(C(F)(F)F)C1(C(C)C(F)(F)F)CCCNC1. The molecule has 2 atom stereocenters. The first-order valence-electron chi connectivity index (χ1n) is 5.86. The van der Waals surface area contributed by atoms with Gasteiger partial charge in [0.05, 0.1) is 11.8 Å². The van der Waals surface area contributed by atoms with E-state index in [2.05, 4.69) is 5.32 Å². The summed E-state index contributed by atoms with van der Waals surface area (Å²) in [7, 11) is 0. The van der Waals surface area contributed by atoms with Gasteiger partial charge >= 0.3 is 12.4 Å². The molecular formula is C11H17F6N.